The van der Waals surface area contributed by atoms with Crippen molar-refractivity contribution in [2.75, 3.05) is 19.8 Å². The molecule has 0 N–H and O–H groups in total. The van der Waals surface area contributed by atoms with Crippen molar-refractivity contribution in [1.82, 2.24) is 29.6 Å². The Morgan fingerprint density at radius 1 is 1.33 bits per heavy atom. The predicted octanol–water partition coefficient (Wildman–Crippen LogP) is 1.91. The van der Waals surface area contributed by atoms with Gasteiger partial charge in [0.15, 0.2) is 0 Å². The number of rotatable bonds is 4. The highest BCUT2D eigenvalue weighted by atomic mass is 32.1. The number of aryl methyl sites for hydroxylation is 1. The summed E-state index contributed by atoms with van der Waals surface area (Å²) in [7, 11) is 1.91. The van der Waals surface area contributed by atoms with E-state index in [4.69, 9.17) is 9.72 Å². The number of aromatic nitrogens is 5. The van der Waals surface area contributed by atoms with Crippen molar-refractivity contribution in [2.45, 2.75) is 12.6 Å². The normalized spacial score (nSPS) is 18.8. The van der Waals surface area contributed by atoms with Gasteiger partial charge in [0, 0.05) is 31.7 Å². The molecule has 4 rings (SSSR count). The molecular weight excluding hydrogens is 324 g/mol. The van der Waals surface area contributed by atoms with Gasteiger partial charge in [0.1, 0.15) is 17.2 Å². The maximum atomic E-state index is 5.65. The van der Waals surface area contributed by atoms with E-state index in [0.717, 1.165) is 41.9 Å². The van der Waals surface area contributed by atoms with Gasteiger partial charge in [0.2, 0.25) is 0 Å². The third-order valence-corrected chi connectivity index (χ3v) is 5.00. The zero-order valence-electron chi connectivity index (χ0n) is 13.4. The van der Waals surface area contributed by atoms with Gasteiger partial charge in [-0.1, -0.05) is 6.07 Å². The SMILES string of the molecule is Cn1ncnc1C1COCCN1Cc1csc(-c2ccccn2)n1. The quantitative estimate of drug-likeness (QED) is 0.721. The van der Waals surface area contributed by atoms with Crippen molar-refractivity contribution in [3.63, 3.8) is 0 Å². The van der Waals surface area contributed by atoms with Crippen molar-refractivity contribution in [2.24, 2.45) is 7.05 Å². The molecule has 3 aromatic rings. The lowest BCUT2D eigenvalue weighted by Crippen LogP contribution is -2.40. The first-order valence-electron chi connectivity index (χ1n) is 7.83. The highest BCUT2D eigenvalue weighted by molar-refractivity contribution is 7.13. The van der Waals surface area contributed by atoms with Crippen LogP contribution in [0.4, 0.5) is 0 Å². The molecule has 24 heavy (non-hydrogen) atoms. The van der Waals surface area contributed by atoms with Crippen LogP contribution in [0.15, 0.2) is 36.1 Å². The Kier molecular flexibility index (Phi) is 4.33. The largest absolute Gasteiger partial charge is 0.378 e. The second-order valence-corrected chi connectivity index (χ2v) is 6.52. The summed E-state index contributed by atoms with van der Waals surface area (Å²) in [6, 6.07) is 5.98. The molecule has 1 aliphatic heterocycles. The molecule has 8 heteroatoms. The lowest BCUT2D eigenvalue weighted by Gasteiger charge is -2.34. The van der Waals surface area contributed by atoms with Gasteiger partial charge >= 0.3 is 0 Å². The van der Waals surface area contributed by atoms with Gasteiger partial charge in [0.05, 0.1) is 30.6 Å². The third-order valence-electron chi connectivity index (χ3n) is 4.08. The van der Waals surface area contributed by atoms with Crippen LogP contribution in [0, 0.1) is 0 Å². The van der Waals surface area contributed by atoms with Gasteiger partial charge < -0.3 is 4.74 Å². The summed E-state index contributed by atoms with van der Waals surface area (Å²) in [5.41, 5.74) is 1.97. The van der Waals surface area contributed by atoms with Crippen molar-refractivity contribution in [3.8, 4) is 10.7 Å². The van der Waals surface area contributed by atoms with Crippen molar-refractivity contribution in [1.29, 1.82) is 0 Å². The molecule has 0 bridgehead atoms. The van der Waals surface area contributed by atoms with Crippen LogP contribution in [0.25, 0.3) is 10.7 Å². The first-order chi connectivity index (χ1) is 11.8. The Morgan fingerprint density at radius 2 is 2.29 bits per heavy atom. The highest BCUT2D eigenvalue weighted by Crippen LogP contribution is 2.26. The minimum atomic E-state index is 0.103. The summed E-state index contributed by atoms with van der Waals surface area (Å²) in [6.45, 7) is 2.98. The topological polar surface area (TPSA) is 69.0 Å². The molecule has 3 aromatic heterocycles. The zero-order valence-corrected chi connectivity index (χ0v) is 14.2. The Balaban J connectivity index is 1.53. The van der Waals surface area contributed by atoms with E-state index in [1.165, 1.54) is 0 Å². The number of nitrogens with zero attached hydrogens (tertiary/aromatic N) is 6. The second kappa shape index (κ2) is 6.76. The summed E-state index contributed by atoms with van der Waals surface area (Å²) >= 11 is 1.63. The minimum Gasteiger partial charge on any atom is -0.378 e. The number of pyridine rings is 1. The molecule has 0 radical (unpaired) electrons. The van der Waals surface area contributed by atoms with E-state index in [-0.39, 0.29) is 6.04 Å². The smallest absolute Gasteiger partial charge is 0.146 e. The molecule has 0 amide bonds. The van der Waals surface area contributed by atoms with Gasteiger partial charge in [0.25, 0.3) is 0 Å². The fraction of sp³-hybridized carbons (Fsp3) is 0.375. The van der Waals surface area contributed by atoms with Crippen molar-refractivity contribution in [3.05, 3.63) is 47.6 Å². The molecular formula is C16H18N6OS. The van der Waals surface area contributed by atoms with E-state index in [9.17, 15) is 0 Å². The molecule has 7 nitrogen and oxygen atoms in total. The van der Waals surface area contributed by atoms with Crippen molar-refractivity contribution >= 4 is 11.3 Å². The first kappa shape index (κ1) is 15.4. The number of hydrogen-bond donors (Lipinski definition) is 0. The molecule has 0 aromatic carbocycles. The van der Waals surface area contributed by atoms with E-state index in [1.807, 2.05) is 29.9 Å². The van der Waals surface area contributed by atoms with Gasteiger partial charge in [-0.25, -0.2) is 9.97 Å². The molecule has 0 aliphatic carbocycles. The van der Waals surface area contributed by atoms with Crippen LogP contribution in [0.2, 0.25) is 0 Å². The van der Waals surface area contributed by atoms with Crippen LogP contribution >= 0.6 is 11.3 Å². The number of ether oxygens (including phenoxy) is 1. The van der Waals surface area contributed by atoms with Gasteiger partial charge in [-0.15, -0.1) is 11.3 Å². The average molecular weight is 342 g/mol. The first-order valence-corrected chi connectivity index (χ1v) is 8.71. The summed E-state index contributed by atoms with van der Waals surface area (Å²) in [4.78, 5) is 15.9. The Bertz CT molecular complexity index is 802. The van der Waals surface area contributed by atoms with E-state index in [0.29, 0.717) is 6.61 Å². The lowest BCUT2D eigenvalue weighted by molar-refractivity contribution is -0.0176. The maximum Gasteiger partial charge on any atom is 0.146 e. The molecule has 1 unspecified atom stereocenters. The molecule has 1 aliphatic rings. The minimum absolute atomic E-state index is 0.103. The molecule has 1 saturated heterocycles. The molecule has 0 spiro atoms. The van der Waals surface area contributed by atoms with E-state index in [1.54, 1.807) is 23.9 Å². The third kappa shape index (κ3) is 3.08. The maximum absolute atomic E-state index is 5.65. The standard InChI is InChI=1S/C16H18N6OS/c1-21-15(18-11-19-21)14-9-23-7-6-22(14)8-12-10-24-16(20-12)13-4-2-3-5-17-13/h2-5,10-11,14H,6-9H2,1H3. The second-order valence-electron chi connectivity index (χ2n) is 5.66. The van der Waals surface area contributed by atoms with E-state index >= 15 is 0 Å². The predicted molar refractivity (Wildman–Crippen MR) is 90.3 cm³/mol. The number of hydrogen-bond acceptors (Lipinski definition) is 7. The molecule has 0 saturated carbocycles. The Morgan fingerprint density at radius 3 is 3.08 bits per heavy atom. The fourth-order valence-corrected chi connectivity index (χ4v) is 3.65. The monoisotopic (exact) mass is 342 g/mol. The summed E-state index contributed by atoms with van der Waals surface area (Å²) in [5, 5.41) is 7.24. The number of thiazole rings is 1. The summed E-state index contributed by atoms with van der Waals surface area (Å²) in [5.74, 6) is 0.926. The Hall–Kier alpha value is -2.16. The van der Waals surface area contributed by atoms with Crippen LogP contribution in [-0.2, 0) is 18.3 Å². The van der Waals surface area contributed by atoms with Crippen LogP contribution < -0.4 is 0 Å². The highest BCUT2D eigenvalue weighted by Gasteiger charge is 2.28. The molecule has 124 valence electrons. The van der Waals surface area contributed by atoms with Crippen LogP contribution in [0.5, 0.6) is 0 Å². The van der Waals surface area contributed by atoms with E-state index in [2.05, 4.69) is 25.3 Å². The molecule has 1 atom stereocenters. The Labute approximate surface area is 144 Å². The molecule has 4 heterocycles. The van der Waals surface area contributed by atoms with Crippen LogP contribution in [0.1, 0.15) is 17.6 Å². The lowest BCUT2D eigenvalue weighted by atomic mass is 10.2. The van der Waals surface area contributed by atoms with Crippen LogP contribution in [-0.4, -0.2) is 49.4 Å². The van der Waals surface area contributed by atoms with E-state index < -0.39 is 0 Å². The summed E-state index contributed by atoms with van der Waals surface area (Å²) < 4.78 is 7.47. The zero-order chi connectivity index (χ0) is 16.4. The van der Waals surface area contributed by atoms with Gasteiger partial charge in [-0.05, 0) is 12.1 Å². The van der Waals surface area contributed by atoms with Crippen LogP contribution in [0.3, 0.4) is 0 Å². The fourth-order valence-electron chi connectivity index (χ4n) is 2.87. The van der Waals surface area contributed by atoms with Gasteiger partial charge in [-0.3, -0.25) is 14.6 Å². The van der Waals surface area contributed by atoms with Crippen molar-refractivity contribution < 1.29 is 4.74 Å². The average Bonchev–Trinajstić information content (AvgIpc) is 3.25. The summed E-state index contributed by atoms with van der Waals surface area (Å²) in [6.07, 6.45) is 3.38. The number of morpholine rings is 1. The molecule has 1 fully saturated rings. The van der Waals surface area contributed by atoms with Gasteiger partial charge in [-0.2, -0.15) is 5.10 Å².